The Balaban J connectivity index is 1.79. The Morgan fingerprint density at radius 1 is 1.24 bits per heavy atom. The molecule has 0 aromatic carbocycles. The van der Waals surface area contributed by atoms with Crippen molar-refractivity contribution >= 4 is 5.65 Å². The molecule has 0 spiro atoms. The minimum absolute atomic E-state index is 0.993. The largest absolute Gasteiger partial charge is 0.315 e. The van der Waals surface area contributed by atoms with Crippen LogP contribution in [0.1, 0.15) is 12.1 Å². The van der Waals surface area contributed by atoms with Crippen LogP contribution in [0.25, 0.3) is 5.65 Å². The van der Waals surface area contributed by atoms with Crippen LogP contribution in [0.5, 0.6) is 0 Å². The van der Waals surface area contributed by atoms with Crippen LogP contribution in [0.2, 0.25) is 0 Å². The van der Waals surface area contributed by atoms with E-state index in [1.807, 2.05) is 18.3 Å². The Morgan fingerprint density at radius 3 is 3.24 bits per heavy atom. The molecule has 4 heteroatoms. The molecule has 1 aliphatic rings. The Bertz CT molecular complexity index is 483. The molecular weight excluding hydrogens is 212 g/mol. The third-order valence-corrected chi connectivity index (χ3v) is 3.31. The van der Waals surface area contributed by atoms with E-state index in [0.717, 1.165) is 31.8 Å². The number of nitrogens with one attached hydrogen (secondary N) is 1. The van der Waals surface area contributed by atoms with Gasteiger partial charge in [0, 0.05) is 25.8 Å². The zero-order valence-corrected chi connectivity index (χ0v) is 9.97. The summed E-state index contributed by atoms with van der Waals surface area (Å²) < 4.78 is 2.18. The molecule has 3 rings (SSSR count). The van der Waals surface area contributed by atoms with Crippen molar-refractivity contribution in [3.05, 3.63) is 36.3 Å². The molecule has 0 radical (unpaired) electrons. The predicted octanol–water partition coefficient (Wildman–Crippen LogP) is 1.13. The summed E-state index contributed by atoms with van der Waals surface area (Å²) in [5.74, 6) is 0. The molecule has 0 atom stereocenters. The fourth-order valence-electron chi connectivity index (χ4n) is 2.39. The number of imidazole rings is 1. The molecule has 0 unspecified atom stereocenters. The highest BCUT2D eigenvalue weighted by Crippen LogP contribution is 2.09. The van der Waals surface area contributed by atoms with E-state index in [2.05, 4.69) is 31.9 Å². The lowest BCUT2D eigenvalue weighted by atomic mass is 10.3. The molecule has 1 saturated heterocycles. The number of hydrogen-bond donors (Lipinski definition) is 1. The van der Waals surface area contributed by atoms with Gasteiger partial charge in [0.15, 0.2) is 0 Å². The fraction of sp³-hybridized carbons (Fsp3) is 0.462. The number of pyridine rings is 1. The maximum Gasteiger partial charge on any atom is 0.136 e. The second-order valence-electron chi connectivity index (χ2n) is 4.56. The minimum atomic E-state index is 0.993. The van der Waals surface area contributed by atoms with Gasteiger partial charge in [0.25, 0.3) is 0 Å². The molecule has 2 aromatic rings. The highest BCUT2D eigenvalue weighted by molar-refractivity contribution is 5.39. The molecule has 17 heavy (non-hydrogen) atoms. The van der Waals surface area contributed by atoms with Crippen molar-refractivity contribution in [2.24, 2.45) is 0 Å². The van der Waals surface area contributed by atoms with Crippen LogP contribution >= 0.6 is 0 Å². The summed E-state index contributed by atoms with van der Waals surface area (Å²) in [6.45, 7) is 5.53. The maximum atomic E-state index is 4.43. The van der Waals surface area contributed by atoms with Crippen molar-refractivity contribution in [3.63, 3.8) is 0 Å². The summed E-state index contributed by atoms with van der Waals surface area (Å²) in [6, 6.07) is 6.14. The van der Waals surface area contributed by atoms with E-state index in [4.69, 9.17) is 0 Å². The van der Waals surface area contributed by atoms with Gasteiger partial charge < -0.3 is 9.72 Å². The van der Waals surface area contributed by atoms with Crippen molar-refractivity contribution in [2.75, 3.05) is 26.2 Å². The molecule has 1 N–H and O–H groups in total. The minimum Gasteiger partial charge on any atom is -0.315 e. The molecular formula is C13H18N4. The quantitative estimate of drug-likeness (QED) is 0.839. The van der Waals surface area contributed by atoms with Crippen LogP contribution in [-0.2, 0) is 6.54 Å². The van der Waals surface area contributed by atoms with Crippen molar-refractivity contribution in [3.8, 4) is 0 Å². The maximum absolute atomic E-state index is 4.43. The van der Waals surface area contributed by atoms with Crippen molar-refractivity contribution < 1.29 is 0 Å². The van der Waals surface area contributed by atoms with Crippen molar-refractivity contribution in [1.29, 1.82) is 0 Å². The molecule has 1 fully saturated rings. The lowest BCUT2D eigenvalue weighted by Crippen LogP contribution is -2.28. The van der Waals surface area contributed by atoms with Crippen LogP contribution in [0.15, 0.2) is 30.6 Å². The van der Waals surface area contributed by atoms with E-state index < -0.39 is 0 Å². The summed E-state index contributed by atoms with van der Waals surface area (Å²) in [5, 5.41) is 3.43. The van der Waals surface area contributed by atoms with Crippen LogP contribution in [0.3, 0.4) is 0 Å². The van der Waals surface area contributed by atoms with Crippen LogP contribution in [0, 0.1) is 0 Å². The number of fused-ring (bicyclic) bond motifs is 1. The lowest BCUT2D eigenvalue weighted by Gasteiger charge is -2.18. The van der Waals surface area contributed by atoms with E-state index in [1.165, 1.54) is 18.7 Å². The van der Waals surface area contributed by atoms with Crippen molar-refractivity contribution in [1.82, 2.24) is 19.6 Å². The van der Waals surface area contributed by atoms with Gasteiger partial charge in [-0.15, -0.1) is 0 Å². The van der Waals surface area contributed by atoms with Gasteiger partial charge in [0.05, 0.1) is 11.9 Å². The van der Waals surface area contributed by atoms with E-state index >= 15 is 0 Å². The van der Waals surface area contributed by atoms with Gasteiger partial charge in [0.1, 0.15) is 5.65 Å². The van der Waals surface area contributed by atoms with Gasteiger partial charge in [-0.1, -0.05) is 6.07 Å². The molecule has 4 nitrogen and oxygen atoms in total. The SMILES string of the molecule is c1ccn2c(CN3CCCNCC3)cnc2c1. The zero-order chi connectivity index (χ0) is 11.5. The third kappa shape index (κ3) is 2.33. The Hall–Kier alpha value is -1.39. The smallest absolute Gasteiger partial charge is 0.136 e. The second kappa shape index (κ2) is 4.85. The molecule has 0 aliphatic carbocycles. The lowest BCUT2D eigenvalue weighted by molar-refractivity contribution is 0.280. The summed E-state index contributed by atoms with van der Waals surface area (Å²) in [5.41, 5.74) is 2.32. The Morgan fingerprint density at radius 2 is 2.24 bits per heavy atom. The van der Waals surface area contributed by atoms with Gasteiger partial charge in [-0.2, -0.15) is 0 Å². The topological polar surface area (TPSA) is 32.6 Å². The van der Waals surface area contributed by atoms with Gasteiger partial charge in [-0.25, -0.2) is 4.98 Å². The first-order chi connectivity index (χ1) is 8.43. The van der Waals surface area contributed by atoms with Gasteiger partial charge >= 0.3 is 0 Å². The van der Waals surface area contributed by atoms with E-state index in [9.17, 15) is 0 Å². The van der Waals surface area contributed by atoms with Crippen molar-refractivity contribution in [2.45, 2.75) is 13.0 Å². The van der Waals surface area contributed by atoms with Crippen LogP contribution in [0.4, 0.5) is 0 Å². The Kier molecular flexibility index (Phi) is 3.07. The highest BCUT2D eigenvalue weighted by atomic mass is 15.2. The number of rotatable bonds is 2. The summed E-state index contributed by atoms with van der Waals surface area (Å²) in [6.07, 6.45) is 5.32. The molecule has 0 bridgehead atoms. The first kappa shape index (κ1) is 10.7. The first-order valence-electron chi connectivity index (χ1n) is 6.27. The van der Waals surface area contributed by atoms with Gasteiger partial charge in [-0.05, 0) is 31.6 Å². The normalized spacial score (nSPS) is 18.4. The monoisotopic (exact) mass is 230 g/mol. The second-order valence-corrected chi connectivity index (χ2v) is 4.56. The van der Waals surface area contributed by atoms with Gasteiger partial charge in [-0.3, -0.25) is 4.90 Å². The van der Waals surface area contributed by atoms with Gasteiger partial charge in [0.2, 0.25) is 0 Å². The fourth-order valence-corrected chi connectivity index (χ4v) is 2.39. The number of hydrogen-bond acceptors (Lipinski definition) is 3. The molecule has 0 saturated carbocycles. The van der Waals surface area contributed by atoms with E-state index in [0.29, 0.717) is 0 Å². The summed E-state index contributed by atoms with van der Waals surface area (Å²) in [4.78, 5) is 6.92. The Labute approximate surface area is 101 Å². The van der Waals surface area contributed by atoms with E-state index in [1.54, 1.807) is 0 Å². The summed E-state index contributed by atoms with van der Waals surface area (Å²) in [7, 11) is 0. The third-order valence-electron chi connectivity index (χ3n) is 3.31. The zero-order valence-electron chi connectivity index (χ0n) is 9.97. The number of nitrogens with zero attached hydrogens (tertiary/aromatic N) is 3. The van der Waals surface area contributed by atoms with E-state index in [-0.39, 0.29) is 0 Å². The first-order valence-corrected chi connectivity index (χ1v) is 6.27. The predicted molar refractivity (Wildman–Crippen MR) is 68.0 cm³/mol. The molecule has 3 heterocycles. The molecule has 90 valence electrons. The average Bonchev–Trinajstić information content (AvgIpc) is 2.59. The molecule has 0 amide bonds. The highest BCUT2D eigenvalue weighted by Gasteiger charge is 2.11. The van der Waals surface area contributed by atoms with Crippen LogP contribution < -0.4 is 5.32 Å². The summed E-state index contributed by atoms with van der Waals surface area (Å²) >= 11 is 0. The number of aromatic nitrogens is 2. The molecule has 2 aromatic heterocycles. The standard InChI is InChI=1S/C13H18N4/c1-2-8-17-12(10-15-13(17)4-1)11-16-7-3-5-14-6-9-16/h1-2,4,8,10,14H,3,5-7,9,11H2. The molecule has 1 aliphatic heterocycles. The van der Waals surface area contributed by atoms with Crippen LogP contribution in [-0.4, -0.2) is 40.5 Å². The average molecular weight is 230 g/mol.